The lowest BCUT2D eigenvalue weighted by Crippen LogP contribution is -2.48. The molecular weight excluding hydrogens is 437 g/mol. The third kappa shape index (κ3) is 6.92. The first-order chi connectivity index (χ1) is 15.5. The van der Waals surface area contributed by atoms with Crippen LogP contribution in [0.25, 0.3) is 0 Å². The predicted octanol–water partition coefficient (Wildman–Crippen LogP) is 2.09. The number of hydrogen-bond donors (Lipinski definition) is 3. The third-order valence-corrected chi connectivity index (χ3v) is 6.94. The van der Waals surface area contributed by atoms with Gasteiger partial charge in [0, 0.05) is 38.5 Å². The molecule has 11 heteroatoms. The van der Waals surface area contributed by atoms with Gasteiger partial charge in [-0.2, -0.15) is 4.39 Å². The Labute approximate surface area is 192 Å². The van der Waals surface area contributed by atoms with E-state index in [9.17, 15) is 18.7 Å². The van der Waals surface area contributed by atoms with Crippen molar-refractivity contribution in [3.63, 3.8) is 0 Å². The van der Waals surface area contributed by atoms with E-state index in [1.807, 2.05) is 0 Å². The zero-order valence-corrected chi connectivity index (χ0v) is 19.3. The van der Waals surface area contributed by atoms with E-state index >= 15 is 4.39 Å². The number of nitrogens with one attached hydrogen (secondary N) is 1. The Morgan fingerprint density at radius 2 is 2.00 bits per heavy atom. The lowest BCUT2D eigenvalue weighted by molar-refractivity contribution is -0.120. The number of carbonyl (C=O) groups is 1. The summed E-state index contributed by atoms with van der Waals surface area (Å²) in [6, 6.07) is 0. The second-order valence-electron chi connectivity index (χ2n) is 9.61. The summed E-state index contributed by atoms with van der Waals surface area (Å²) in [7, 11) is 1.74. The molecule has 2 heterocycles. The molecule has 2 fully saturated rings. The number of hydrogen-bond acceptors (Lipinski definition) is 7. The van der Waals surface area contributed by atoms with Crippen LogP contribution >= 0.6 is 0 Å². The molecule has 2 unspecified atom stereocenters. The van der Waals surface area contributed by atoms with Gasteiger partial charge < -0.3 is 21.1 Å². The molecule has 1 aliphatic carbocycles. The minimum absolute atomic E-state index is 0.0629. The molecule has 1 aliphatic heterocycles. The summed E-state index contributed by atoms with van der Waals surface area (Å²) in [6.45, 7) is 2.92. The van der Waals surface area contributed by atoms with E-state index in [1.165, 1.54) is 6.33 Å². The summed E-state index contributed by atoms with van der Waals surface area (Å²) in [5, 5.41) is 13.4. The average molecular weight is 473 g/mol. The molecule has 1 saturated heterocycles. The lowest BCUT2D eigenvalue weighted by atomic mass is 9.79. The number of alkyl halides is 2. The number of piperidine rings is 1. The highest BCUT2D eigenvalue weighted by atomic mass is 19.3. The second-order valence-corrected chi connectivity index (χ2v) is 9.61. The first-order valence-electron chi connectivity index (χ1n) is 11.6. The first kappa shape index (κ1) is 25.5. The average Bonchev–Trinajstić information content (AvgIpc) is 2.73. The maximum Gasteiger partial charge on any atom is 0.248 e. The van der Waals surface area contributed by atoms with Crippen LogP contribution < -0.4 is 16.0 Å². The van der Waals surface area contributed by atoms with Crippen molar-refractivity contribution >= 4 is 17.5 Å². The smallest absolute Gasteiger partial charge is 0.248 e. The van der Waals surface area contributed by atoms with Gasteiger partial charge in [0.25, 0.3) is 0 Å². The van der Waals surface area contributed by atoms with Crippen LogP contribution in [0.5, 0.6) is 0 Å². The number of halogens is 3. The largest absolute Gasteiger partial charge is 0.391 e. The van der Waals surface area contributed by atoms with E-state index in [4.69, 9.17) is 5.73 Å². The summed E-state index contributed by atoms with van der Waals surface area (Å²) in [6.07, 6.45) is 3.58. The van der Waals surface area contributed by atoms with Gasteiger partial charge in [-0.1, -0.05) is 0 Å². The van der Waals surface area contributed by atoms with Crippen LogP contribution in [0.3, 0.4) is 0 Å². The van der Waals surface area contributed by atoms with Gasteiger partial charge in [-0.25, -0.2) is 18.7 Å². The second kappa shape index (κ2) is 10.9. The van der Waals surface area contributed by atoms with Gasteiger partial charge in [0.05, 0.1) is 12.6 Å². The summed E-state index contributed by atoms with van der Waals surface area (Å²) in [4.78, 5) is 22.7. The Bertz CT molecular complexity index is 801. The van der Waals surface area contributed by atoms with Crippen molar-refractivity contribution in [3.05, 3.63) is 12.1 Å². The highest BCUT2D eigenvalue weighted by Gasteiger charge is 2.37. The predicted molar refractivity (Wildman–Crippen MR) is 120 cm³/mol. The van der Waals surface area contributed by atoms with Gasteiger partial charge in [-0.15, -0.1) is 0 Å². The van der Waals surface area contributed by atoms with Crippen LogP contribution in [0.2, 0.25) is 0 Å². The molecule has 33 heavy (non-hydrogen) atoms. The summed E-state index contributed by atoms with van der Waals surface area (Å²) < 4.78 is 42.2. The van der Waals surface area contributed by atoms with Crippen molar-refractivity contribution in [3.8, 4) is 0 Å². The number of nitrogens with two attached hydrogens (primary N) is 1. The molecule has 2 atom stereocenters. The fraction of sp³-hybridized carbons (Fsp3) is 0.773. The number of aliphatic hydroxyl groups is 1. The van der Waals surface area contributed by atoms with Crippen molar-refractivity contribution in [2.45, 2.75) is 51.1 Å². The number of aliphatic hydroxyl groups excluding tert-OH is 1. The number of likely N-dealkylation sites (tertiary alicyclic amines) is 1. The van der Waals surface area contributed by atoms with Gasteiger partial charge in [0.15, 0.2) is 11.6 Å². The standard InChI is InChI=1S/C22H35F3N6O2/c1-22(24,25)16-5-3-14(4-6-16)10-30(2)21-19(23)20(28-13-29-21)27-9-15-7-8-31(11-17(15)32)12-18(26)33/h13-17,32H,3-12H2,1-2H3,(H2,26,33)(H,27,28,29). The molecule has 1 saturated carbocycles. The lowest BCUT2D eigenvalue weighted by Gasteiger charge is -2.35. The van der Waals surface area contributed by atoms with Crippen LogP contribution in [0.4, 0.5) is 24.8 Å². The van der Waals surface area contributed by atoms with Gasteiger partial charge in [0.2, 0.25) is 17.6 Å². The number of aromatic nitrogens is 2. The number of carbonyl (C=O) groups excluding carboxylic acids is 1. The summed E-state index contributed by atoms with van der Waals surface area (Å²) in [5.74, 6) is -3.92. The van der Waals surface area contributed by atoms with Gasteiger partial charge in [-0.05, 0) is 51.5 Å². The molecule has 0 radical (unpaired) electrons. The van der Waals surface area contributed by atoms with Crippen molar-refractivity contribution in [2.24, 2.45) is 23.5 Å². The number of anilines is 2. The monoisotopic (exact) mass is 472 g/mol. The molecular formula is C22H35F3N6O2. The van der Waals surface area contributed by atoms with E-state index in [-0.39, 0.29) is 30.0 Å². The van der Waals surface area contributed by atoms with Gasteiger partial charge in [-0.3, -0.25) is 9.69 Å². The third-order valence-electron chi connectivity index (χ3n) is 6.94. The normalized spacial score (nSPS) is 26.7. The van der Waals surface area contributed by atoms with Crippen LogP contribution in [-0.2, 0) is 4.79 Å². The molecule has 0 aromatic carbocycles. The number of amides is 1. The van der Waals surface area contributed by atoms with E-state index in [0.717, 1.165) is 6.92 Å². The molecule has 0 bridgehead atoms. The Morgan fingerprint density at radius 3 is 2.61 bits per heavy atom. The van der Waals surface area contributed by atoms with Crippen LogP contribution in [0, 0.1) is 23.6 Å². The number of β-amino-alcohol motifs (C(OH)–C–C–N with tert-alkyl or cyclic N) is 1. The minimum atomic E-state index is -2.65. The zero-order chi connectivity index (χ0) is 24.2. The molecule has 2 aliphatic rings. The Morgan fingerprint density at radius 1 is 1.30 bits per heavy atom. The van der Waals surface area contributed by atoms with Gasteiger partial charge in [0.1, 0.15) is 6.33 Å². The van der Waals surface area contributed by atoms with Crippen molar-refractivity contribution in [1.82, 2.24) is 14.9 Å². The molecule has 8 nitrogen and oxygen atoms in total. The molecule has 186 valence electrons. The van der Waals surface area contributed by atoms with Crippen LogP contribution in [0.15, 0.2) is 6.33 Å². The molecule has 1 aromatic rings. The van der Waals surface area contributed by atoms with Crippen molar-refractivity contribution in [2.75, 3.05) is 50.0 Å². The first-order valence-corrected chi connectivity index (χ1v) is 11.6. The summed E-state index contributed by atoms with van der Waals surface area (Å²) >= 11 is 0. The highest BCUT2D eigenvalue weighted by Crippen LogP contribution is 2.39. The molecule has 1 aromatic heterocycles. The number of primary amides is 1. The topological polar surface area (TPSA) is 108 Å². The maximum atomic E-state index is 15.1. The van der Waals surface area contributed by atoms with Crippen LogP contribution in [-0.4, -0.2) is 77.7 Å². The van der Waals surface area contributed by atoms with E-state index in [1.54, 1.807) is 16.8 Å². The molecule has 4 N–H and O–H groups in total. The van der Waals surface area contributed by atoms with E-state index < -0.39 is 29.7 Å². The maximum absolute atomic E-state index is 15.1. The fourth-order valence-electron chi connectivity index (χ4n) is 4.95. The molecule has 3 rings (SSSR count). The number of rotatable bonds is 9. The van der Waals surface area contributed by atoms with Crippen molar-refractivity contribution < 1.29 is 23.1 Å². The number of nitrogens with zero attached hydrogens (tertiary/aromatic N) is 4. The van der Waals surface area contributed by atoms with Crippen molar-refractivity contribution in [1.29, 1.82) is 0 Å². The summed E-state index contributed by atoms with van der Waals surface area (Å²) in [5.41, 5.74) is 5.21. The molecule has 0 spiro atoms. The van der Waals surface area contributed by atoms with E-state index in [2.05, 4.69) is 15.3 Å². The zero-order valence-electron chi connectivity index (χ0n) is 19.3. The highest BCUT2D eigenvalue weighted by molar-refractivity contribution is 5.75. The Hall–Kier alpha value is -2.14. The quantitative estimate of drug-likeness (QED) is 0.505. The van der Waals surface area contributed by atoms with Crippen LogP contribution in [0.1, 0.15) is 39.0 Å². The fourth-order valence-corrected chi connectivity index (χ4v) is 4.95. The molecule has 1 amide bonds. The minimum Gasteiger partial charge on any atom is -0.391 e. The Balaban J connectivity index is 1.52. The Kier molecular flexibility index (Phi) is 8.38. The van der Waals surface area contributed by atoms with Gasteiger partial charge >= 0.3 is 0 Å². The van der Waals surface area contributed by atoms with E-state index in [0.29, 0.717) is 58.3 Å². The SMILES string of the molecule is CN(CC1CCC(C(C)(F)F)CC1)c1ncnc(NCC2CCN(CC(N)=O)CC2O)c1F.